The van der Waals surface area contributed by atoms with E-state index in [0.717, 1.165) is 18.4 Å². The third-order valence-corrected chi connectivity index (χ3v) is 5.54. The van der Waals surface area contributed by atoms with Gasteiger partial charge in [-0.15, -0.1) is 10.2 Å². The molecule has 9 nitrogen and oxygen atoms in total. The Hall–Kier alpha value is -4.53. The number of nitro groups is 1. The molecule has 1 N–H and O–H groups in total. The van der Waals surface area contributed by atoms with E-state index in [1.807, 2.05) is 12.1 Å². The number of rotatable bonds is 9. The second kappa shape index (κ2) is 10.6. The van der Waals surface area contributed by atoms with Gasteiger partial charge in [-0.2, -0.15) is 0 Å². The number of benzene rings is 3. The second-order valence-electron chi connectivity index (χ2n) is 7.87. The number of amides is 1. The molecule has 9 heteroatoms. The van der Waals surface area contributed by atoms with Gasteiger partial charge in [-0.05, 0) is 67.4 Å². The van der Waals surface area contributed by atoms with Crippen LogP contribution in [0.15, 0.2) is 77.2 Å². The quantitative estimate of drug-likeness (QED) is 0.215. The summed E-state index contributed by atoms with van der Waals surface area (Å²) < 4.78 is 11.6. The normalized spacial score (nSPS) is 10.8. The smallest absolute Gasteiger partial charge is 0.269 e. The lowest BCUT2D eigenvalue weighted by Gasteiger charge is -2.09. The standard InChI is InChI=1S/C26H24N4O5/c1-3-17(4-2)25-28-29-26(35-25)18-8-10-20(11-9-18)27-24(31)19-6-5-7-23(16-19)34-22-14-12-21(13-15-22)30(32)33/h5-17H,3-4H2,1-2H3,(H,27,31). The van der Waals surface area contributed by atoms with Crippen LogP contribution < -0.4 is 10.1 Å². The molecule has 0 atom stereocenters. The van der Waals surface area contributed by atoms with Gasteiger partial charge < -0.3 is 14.5 Å². The average Bonchev–Trinajstić information content (AvgIpc) is 3.36. The maximum absolute atomic E-state index is 12.8. The highest BCUT2D eigenvalue weighted by Crippen LogP contribution is 2.27. The molecular formula is C26H24N4O5. The number of nitrogens with one attached hydrogen (secondary N) is 1. The van der Waals surface area contributed by atoms with Crippen molar-refractivity contribution in [3.8, 4) is 23.0 Å². The molecule has 0 aliphatic carbocycles. The van der Waals surface area contributed by atoms with Gasteiger partial charge in [-0.25, -0.2) is 0 Å². The van der Waals surface area contributed by atoms with E-state index in [1.165, 1.54) is 24.3 Å². The van der Waals surface area contributed by atoms with Crippen LogP contribution in [0.3, 0.4) is 0 Å². The lowest BCUT2D eigenvalue weighted by Crippen LogP contribution is -2.11. The molecule has 1 heterocycles. The number of anilines is 1. The lowest BCUT2D eigenvalue weighted by molar-refractivity contribution is -0.384. The maximum atomic E-state index is 12.8. The highest BCUT2D eigenvalue weighted by Gasteiger charge is 2.16. The van der Waals surface area contributed by atoms with Crippen LogP contribution in [0.1, 0.15) is 48.9 Å². The van der Waals surface area contributed by atoms with Crippen LogP contribution in [0.25, 0.3) is 11.5 Å². The number of hydrogen-bond donors (Lipinski definition) is 1. The van der Waals surface area contributed by atoms with E-state index >= 15 is 0 Å². The topological polar surface area (TPSA) is 120 Å². The summed E-state index contributed by atoms with van der Waals surface area (Å²) in [6, 6.07) is 19.6. The van der Waals surface area contributed by atoms with Gasteiger partial charge in [-0.3, -0.25) is 14.9 Å². The first-order valence-corrected chi connectivity index (χ1v) is 11.2. The Morgan fingerprint density at radius 3 is 2.37 bits per heavy atom. The minimum atomic E-state index is -0.477. The summed E-state index contributed by atoms with van der Waals surface area (Å²) in [7, 11) is 0. The second-order valence-corrected chi connectivity index (χ2v) is 7.87. The zero-order valence-corrected chi connectivity index (χ0v) is 19.3. The summed E-state index contributed by atoms with van der Waals surface area (Å²) in [6.07, 6.45) is 1.87. The molecule has 0 saturated heterocycles. The first kappa shape index (κ1) is 23.6. The molecule has 35 heavy (non-hydrogen) atoms. The van der Waals surface area contributed by atoms with Gasteiger partial charge in [0, 0.05) is 34.9 Å². The Labute approximate surface area is 201 Å². The summed E-state index contributed by atoms with van der Waals surface area (Å²) in [5, 5.41) is 22.0. The number of nitro benzene ring substituents is 1. The Bertz CT molecular complexity index is 1310. The van der Waals surface area contributed by atoms with E-state index in [2.05, 4.69) is 29.4 Å². The molecule has 178 valence electrons. The first-order chi connectivity index (χ1) is 17.0. The molecule has 0 aliphatic rings. The molecule has 3 aromatic carbocycles. The fraction of sp³-hybridized carbons (Fsp3) is 0.192. The van der Waals surface area contributed by atoms with Gasteiger partial charge in [-0.1, -0.05) is 19.9 Å². The van der Waals surface area contributed by atoms with Crippen molar-refractivity contribution in [1.82, 2.24) is 10.2 Å². The SMILES string of the molecule is CCC(CC)c1nnc(-c2ccc(NC(=O)c3cccc(Oc4ccc([N+](=O)[O-])cc4)c3)cc2)o1. The van der Waals surface area contributed by atoms with Gasteiger partial charge in [0.1, 0.15) is 11.5 Å². The van der Waals surface area contributed by atoms with Crippen LogP contribution in [-0.2, 0) is 0 Å². The van der Waals surface area contributed by atoms with Crippen LogP contribution in [0.2, 0.25) is 0 Å². The highest BCUT2D eigenvalue weighted by molar-refractivity contribution is 6.04. The molecule has 0 spiro atoms. The number of nitrogens with zero attached hydrogens (tertiary/aromatic N) is 3. The maximum Gasteiger partial charge on any atom is 0.269 e. The summed E-state index contributed by atoms with van der Waals surface area (Å²) in [4.78, 5) is 23.1. The van der Waals surface area contributed by atoms with Crippen molar-refractivity contribution in [2.24, 2.45) is 0 Å². The molecular weight excluding hydrogens is 448 g/mol. The largest absolute Gasteiger partial charge is 0.457 e. The fourth-order valence-electron chi connectivity index (χ4n) is 3.53. The van der Waals surface area contributed by atoms with Gasteiger partial charge in [0.25, 0.3) is 11.6 Å². The van der Waals surface area contributed by atoms with Crippen molar-refractivity contribution in [2.75, 3.05) is 5.32 Å². The van der Waals surface area contributed by atoms with Gasteiger partial charge in [0.2, 0.25) is 11.8 Å². The third-order valence-electron chi connectivity index (χ3n) is 5.54. The van der Waals surface area contributed by atoms with Crippen LogP contribution in [0.4, 0.5) is 11.4 Å². The van der Waals surface area contributed by atoms with Crippen molar-refractivity contribution >= 4 is 17.3 Å². The molecule has 0 aliphatic heterocycles. The van der Waals surface area contributed by atoms with Crippen molar-refractivity contribution in [3.05, 3.63) is 94.4 Å². The molecule has 0 fully saturated rings. The molecule has 0 radical (unpaired) electrons. The number of carbonyl (C=O) groups excluding carboxylic acids is 1. The summed E-state index contributed by atoms with van der Waals surface area (Å²) in [5.41, 5.74) is 1.76. The molecule has 0 saturated carbocycles. The molecule has 0 unspecified atom stereocenters. The zero-order valence-electron chi connectivity index (χ0n) is 19.3. The van der Waals surface area contributed by atoms with E-state index in [1.54, 1.807) is 36.4 Å². The monoisotopic (exact) mass is 472 g/mol. The molecule has 1 amide bonds. The minimum absolute atomic E-state index is 0.0258. The van der Waals surface area contributed by atoms with E-state index in [4.69, 9.17) is 9.15 Å². The Balaban J connectivity index is 1.41. The Morgan fingerprint density at radius 1 is 1.00 bits per heavy atom. The van der Waals surface area contributed by atoms with E-state index < -0.39 is 4.92 Å². The number of carbonyl (C=O) groups is 1. The average molecular weight is 473 g/mol. The predicted molar refractivity (Wildman–Crippen MR) is 131 cm³/mol. The zero-order chi connectivity index (χ0) is 24.8. The molecule has 0 bridgehead atoms. The minimum Gasteiger partial charge on any atom is -0.457 e. The van der Waals surface area contributed by atoms with Crippen LogP contribution >= 0.6 is 0 Å². The van der Waals surface area contributed by atoms with Gasteiger partial charge in [0.05, 0.1) is 4.92 Å². The van der Waals surface area contributed by atoms with Gasteiger partial charge in [0.15, 0.2) is 0 Å². The van der Waals surface area contributed by atoms with Gasteiger partial charge >= 0.3 is 0 Å². The molecule has 4 aromatic rings. The van der Waals surface area contributed by atoms with E-state index in [9.17, 15) is 14.9 Å². The van der Waals surface area contributed by atoms with E-state index in [0.29, 0.717) is 34.5 Å². The highest BCUT2D eigenvalue weighted by atomic mass is 16.6. The Kier molecular flexibility index (Phi) is 7.15. The number of hydrogen-bond acceptors (Lipinski definition) is 7. The molecule has 4 rings (SSSR count). The Morgan fingerprint density at radius 2 is 1.71 bits per heavy atom. The van der Waals surface area contributed by atoms with Crippen LogP contribution in [0.5, 0.6) is 11.5 Å². The predicted octanol–water partition coefficient (Wildman–Crippen LogP) is 6.59. The van der Waals surface area contributed by atoms with E-state index in [-0.39, 0.29) is 17.5 Å². The number of non-ortho nitro benzene ring substituents is 1. The summed E-state index contributed by atoms with van der Waals surface area (Å²) in [6.45, 7) is 4.18. The third kappa shape index (κ3) is 5.70. The van der Waals surface area contributed by atoms with Crippen molar-refractivity contribution in [3.63, 3.8) is 0 Å². The van der Waals surface area contributed by atoms with Crippen LogP contribution in [0, 0.1) is 10.1 Å². The fourth-order valence-corrected chi connectivity index (χ4v) is 3.53. The number of ether oxygens (including phenoxy) is 1. The lowest BCUT2D eigenvalue weighted by atomic mass is 10.0. The molecule has 1 aromatic heterocycles. The summed E-state index contributed by atoms with van der Waals surface area (Å²) in [5.74, 6) is 1.89. The van der Waals surface area contributed by atoms with Crippen molar-refractivity contribution in [2.45, 2.75) is 32.6 Å². The first-order valence-electron chi connectivity index (χ1n) is 11.2. The summed E-state index contributed by atoms with van der Waals surface area (Å²) >= 11 is 0. The van der Waals surface area contributed by atoms with Crippen molar-refractivity contribution < 1.29 is 18.9 Å². The van der Waals surface area contributed by atoms with Crippen LogP contribution in [-0.4, -0.2) is 21.0 Å². The number of aromatic nitrogens is 2. The van der Waals surface area contributed by atoms with Crippen molar-refractivity contribution in [1.29, 1.82) is 0 Å².